The van der Waals surface area contributed by atoms with Crippen molar-refractivity contribution in [2.75, 3.05) is 6.61 Å². The fourth-order valence-electron chi connectivity index (χ4n) is 10.2. The largest absolute Gasteiger partial charge is 0.394 e. The molecule has 0 saturated heterocycles. The fraction of sp³-hybridized carbons (Fsp3) is 0.984. The molecular formula is C61H123NO3. The van der Waals surface area contributed by atoms with Crippen LogP contribution in [-0.4, -0.2) is 34.9 Å². The Morgan fingerprint density at radius 2 is 0.492 bits per heavy atom. The third-order valence-electron chi connectivity index (χ3n) is 14.9. The number of unbranched alkanes of at least 4 members (excludes halogenated alkanes) is 51. The summed E-state index contributed by atoms with van der Waals surface area (Å²) < 4.78 is 0. The van der Waals surface area contributed by atoms with Crippen molar-refractivity contribution in [3.63, 3.8) is 0 Å². The van der Waals surface area contributed by atoms with E-state index in [0.29, 0.717) is 12.8 Å². The van der Waals surface area contributed by atoms with Gasteiger partial charge >= 0.3 is 0 Å². The number of hydrogen-bond donors (Lipinski definition) is 3. The molecule has 0 aliphatic rings. The Bertz CT molecular complexity index is 864. The summed E-state index contributed by atoms with van der Waals surface area (Å²) in [6.07, 6.45) is 74.1. The van der Waals surface area contributed by atoms with Gasteiger partial charge in [0.25, 0.3) is 0 Å². The summed E-state index contributed by atoms with van der Waals surface area (Å²) in [6.45, 7) is 4.41. The maximum Gasteiger partial charge on any atom is 0.220 e. The Balaban J connectivity index is 3.38. The fourth-order valence-corrected chi connectivity index (χ4v) is 10.2. The van der Waals surface area contributed by atoms with Gasteiger partial charge in [0.1, 0.15) is 0 Å². The van der Waals surface area contributed by atoms with Crippen LogP contribution < -0.4 is 5.32 Å². The van der Waals surface area contributed by atoms with Gasteiger partial charge in [-0.05, 0) is 12.8 Å². The molecule has 1 amide bonds. The van der Waals surface area contributed by atoms with Crippen LogP contribution in [0.2, 0.25) is 0 Å². The van der Waals surface area contributed by atoms with E-state index >= 15 is 0 Å². The minimum absolute atomic E-state index is 0.0206. The van der Waals surface area contributed by atoms with Crippen LogP contribution in [0.1, 0.15) is 367 Å². The molecule has 0 fully saturated rings. The second kappa shape index (κ2) is 57.7. The van der Waals surface area contributed by atoms with Crippen molar-refractivity contribution in [1.82, 2.24) is 5.32 Å². The van der Waals surface area contributed by atoms with E-state index in [1.807, 2.05) is 0 Å². The molecule has 390 valence electrons. The van der Waals surface area contributed by atoms with E-state index in [-0.39, 0.29) is 12.5 Å². The van der Waals surface area contributed by atoms with E-state index in [9.17, 15) is 15.0 Å². The molecule has 2 unspecified atom stereocenters. The summed E-state index contributed by atoms with van der Waals surface area (Å²) >= 11 is 0. The molecular weight excluding hydrogens is 795 g/mol. The molecule has 4 nitrogen and oxygen atoms in total. The van der Waals surface area contributed by atoms with Crippen LogP contribution in [0.4, 0.5) is 0 Å². The maximum atomic E-state index is 12.5. The number of hydrogen-bond acceptors (Lipinski definition) is 3. The van der Waals surface area contributed by atoms with Crippen LogP contribution in [0.15, 0.2) is 0 Å². The summed E-state index contributed by atoms with van der Waals surface area (Å²) in [6, 6.07) is -0.532. The highest BCUT2D eigenvalue weighted by atomic mass is 16.3. The zero-order valence-corrected chi connectivity index (χ0v) is 45.1. The van der Waals surface area contributed by atoms with Crippen molar-refractivity contribution >= 4 is 5.91 Å². The molecule has 0 aliphatic carbocycles. The van der Waals surface area contributed by atoms with Gasteiger partial charge in [-0.2, -0.15) is 0 Å². The zero-order valence-electron chi connectivity index (χ0n) is 45.1. The topological polar surface area (TPSA) is 69.6 Å². The number of rotatable bonds is 58. The highest BCUT2D eigenvalue weighted by Crippen LogP contribution is 2.19. The van der Waals surface area contributed by atoms with Crippen LogP contribution in [0.3, 0.4) is 0 Å². The number of amides is 1. The van der Waals surface area contributed by atoms with Crippen molar-refractivity contribution < 1.29 is 15.0 Å². The lowest BCUT2D eigenvalue weighted by atomic mass is 10.0. The Morgan fingerprint density at radius 1 is 0.308 bits per heavy atom. The van der Waals surface area contributed by atoms with Crippen LogP contribution in [-0.2, 0) is 4.79 Å². The maximum absolute atomic E-state index is 12.5. The van der Waals surface area contributed by atoms with Crippen molar-refractivity contribution in [3.05, 3.63) is 0 Å². The minimum Gasteiger partial charge on any atom is -0.394 e. The van der Waals surface area contributed by atoms with Gasteiger partial charge in [0.15, 0.2) is 0 Å². The number of carbonyl (C=O) groups is 1. The van der Waals surface area contributed by atoms with Crippen molar-refractivity contribution in [2.24, 2.45) is 0 Å². The predicted molar refractivity (Wildman–Crippen MR) is 290 cm³/mol. The molecule has 0 heterocycles. The molecule has 0 spiro atoms. The monoisotopic (exact) mass is 918 g/mol. The summed E-state index contributed by atoms with van der Waals surface area (Å²) in [5.41, 5.74) is 0. The third-order valence-corrected chi connectivity index (χ3v) is 14.9. The molecule has 4 heteroatoms. The average Bonchev–Trinajstić information content (AvgIpc) is 3.31. The standard InChI is InChI=1S/C61H123NO3/c1-3-5-7-9-11-13-15-17-19-21-23-25-27-29-30-31-33-35-37-39-41-43-45-47-49-51-53-55-57-61(65)62-59(58-63)60(64)56-54-52-50-48-46-44-42-40-38-36-34-32-28-26-24-22-20-18-16-14-12-10-8-6-4-2/h59-60,63-64H,3-58H2,1-2H3,(H,62,65). The molecule has 0 aromatic carbocycles. The average molecular weight is 919 g/mol. The second-order valence-corrected chi connectivity index (χ2v) is 21.5. The van der Waals surface area contributed by atoms with E-state index in [4.69, 9.17) is 0 Å². The highest BCUT2D eigenvalue weighted by Gasteiger charge is 2.20. The van der Waals surface area contributed by atoms with Crippen LogP contribution in [0.5, 0.6) is 0 Å². The van der Waals surface area contributed by atoms with Crippen molar-refractivity contribution in [3.8, 4) is 0 Å². The number of aliphatic hydroxyl groups is 2. The molecule has 2 atom stereocenters. The van der Waals surface area contributed by atoms with Crippen LogP contribution >= 0.6 is 0 Å². The van der Waals surface area contributed by atoms with Gasteiger partial charge in [0, 0.05) is 6.42 Å². The quantitative estimate of drug-likeness (QED) is 0.0533. The molecule has 0 aliphatic heterocycles. The van der Waals surface area contributed by atoms with Crippen LogP contribution in [0.25, 0.3) is 0 Å². The van der Waals surface area contributed by atoms with Gasteiger partial charge in [-0.15, -0.1) is 0 Å². The lowest BCUT2D eigenvalue weighted by Gasteiger charge is -2.22. The third kappa shape index (κ3) is 54.2. The predicted octanol–water partition coefficient (Wildman–Crippen LogP) is 20.3. The van der Waals surface area contributed by atoms with Crippen LogP contribution in [0, 0.1) is 0 Å². The Labute approximate surface area is 410 Å². The number of nitrogens with one attached hydrogen (secondary N) is 1. The minimum atomic E-state index is -0.655. The smallest absolute Gasteiger partial charge is 0.220 e. The van der Waals surface area contributed by atoms with E-state index in [1.54, 1.807) is 0 Å². The van der Waals surface area contributed by atoms with Gasteiger partial charge < -0.3 is 15.5 Å². The Morgan fingerprint density at radius 3 is 0.692 bits per heavy atom. The first kappa shape index (κ1) is 64.4. The van der Waals surface area contributed by atoms with Gasteiger partial charge in [0.2, 0.25) is 5.91 Å². The summed E-state index contributed by atoms with van der Waals surface area (Å²) in [7, 11) is 0. The van der Waals surface area contributed by atoms with Crippen molar-refractivity contribution in [1.29, 1.82) is 0 Å². The molecule has 0 rings (SSSR count). The van der Waals surface area contributed by atoms with E-state index in [2.05, 4.69) is 19.2 Å². The zero-order chi connectivity index (χ0) is 47.0. The second-order valence-electron chi connectivity index (χ2n) is 21.5. The first-order chi connectivity index (χ1) is 32.2. The normalized spacial score (nSPS) is 12.6. The SMILES string of the molecule is CCCCCCCCCCCCCCCCCCCCCCCCCCCCCCC(=O)NC(CO)C(O)CCCCCCCCCCCCCCCCCCCCCCCCCCC. The van der Waals surface area contributed by atoms with E-state index in [0.717, 1.165) is 25.7 Å². The molecule has 65 heavy (non-hydrogen) atoms. The molecule has 0 aromatic heterocycles. The summed E-state index contributed by atoms with van der Waals surface area (Å²) in [4.78, 5) is 12.5. The summed E-state index contributed by atoms with van der Waals surface area (Å²) in [5, 5.41) is 23.4. The van der Waals surface area contributed by atoms with E-state index < -0.39 is 12.1 Å². The number of aliphatic hydroxyl groups excluding tert-OH is 2. The molecule has 0 aromatic rings. The first-order valence-electron chi connectivity index (χ1n) is 30.7. The molecule has 0 radical (unpaired) electrons. The lowest BCUT2D eigenvalue weighted by Crippen LogP contribution is -2.45. The molecule has 3 N–H and O–H groups in total. The van der Waals surface area contributed by atoms with Gasteiger partial charge in [-0.25, -0.2) is 0 Å². The Hall–Kier alpha value is -0.610. The van der Waals surface area contributed by atoms with Crippen molar-refractivity contribution in [2.45, 2.75) is 379 Å². The van der Waals surface area contributed by atoms with Gasteiger partial charge in [-0.1, -0.05) is 348 Å². The number of carbonyl (C=O) groups excluding carboxylic acids is 1. The lowest BCUT2D eigenvalue weighted by molar-refractivity contribution is -0.123. The highest BCUT2D eigenvalue weighted by molar-refractivity contribution is 5.76. The molecule has 0 saturated carbocycles. The van der Waals surface area contributed by atoms with Gasteiger partial charge in [-0.3, -0.25) is 4.79 Å². The summed E-state index contributed by atoms with van der Waals surface area (Å²) in [5.74, 6) is -0.0206. The first-order valence-corrected chi connectivity index (χ1v) is 30.7. The Kier molecular flexibility index (Phi) is 57.2. The molecule has 0 bridgehead atoms. The van der Waals surface area contributed by atoms with E-state index in [1.165, 1.54) is 315 Å². The van der Waals surface area contributed by atoms with Gasteiger partial charge in [0.05, 0.1) is 18.8 Å².